The SMILES string of the molecule is C/C=C/C(O)Cc1ccccn1. The van der Waals surface area contributed by atoms with Gasteiger partial charge in [-0.1, -0.05) is 18.2 Å². The predicted octanol–water partition coefficient (Wildman–Crippen LogP) is 1.56. The minimum Gasteiger partial charge on any atom is -0.389 e. The summed E-state index contributed by atoms with van der Waals surface area (Å²) in [6.45, 7) is 1.89. The van der Waals surface area contributed by atoms with Crippen molar-refractivity contribution in [1.82, 2.24) is 4.98 Å². The Balaban J connectivity index is 2.52. The van der Waals surface area contributed by atoms with Gasteiger partial charge in [0.2, 0.25) is 0 Å². The van der Waals surface area contributed by atoms with Crippen LogP contribution in [0.2, 0.25) is 0 Å². The molecule has 0 aliphatic rings. The molecule has 0 aliphatic heterocycles. The second kappa shape index (κ2) is 4.67. The minimum absolute atomic E-state index is 0.412. The third kappa shape index (κ3) is 2.84. The molecule has 2 nitrogen and oxygen atoms in total. The zero-order valence-corrected chi connectivity index (χ0v) is 7.14. The Morgan fingerprint density at radius 1 is 1.58 bits per heavy atom. The van der Waals surface area contributed by atoms with Crippen molar-refractivity contribution in [2.45, 2.75) is 19.4 Å². The standard InChI is InChI=1S/C10H13NO/c1-2-5-10(12)8-9-6-3-4-7-11-9/h2-7,10,12H,8H2,1H3/b5-2+. The van der Waals surface area contributed by atoms with E-state index in [1.54, 1.807) is 12.3 Å². The fraction of sp³-hybridized carbons (Fsp3) is 0.300. The van der Waals surface area contributed by atoms with Gasteiger partial charge in [0.1, 0.15) is 0 Å². The van der Waals surface area contributed by atoms with E-state index in [2.05, 4.69) is 4.98 Å². The third-order valence-electron chi connectivity index (χ3n) is 1.56. The van der Waals surface area contributed by atoms with Crippen LogP contribution < -0.4 is 0 Å². The smallest absolute Gasteiger partial charge is 0.0776 e. The van der Waals surface area contributed by atoms with Crippen molar-refractivity contribution < 1.29 is 5.11 Å². The highest BCUT2D eigenvalue weighted by molar-refractivity contribution is 5.06. The Kier molecular flexibility index (Phi) is 3.48. The summed E-state index contributed by atoms with van der Waals surface area (Å²) in [6.07, 6.45) is 5.51. The Labute approximate surface area is 72.6 Å². The number of aliphatic hydroxyl groups is 1. The maximum atomic E-state index is 9.38. The minimum atomic E-state index is -0.412. The first kappa shape index (κ1) is 8.94. The van der Waals surface area contributed by atoms with Crippen LogP contribution in [0, 0.1) is 0 Å². The lowest BCUT2D eigenvalue weighted by Crippen LogP contribution is -2.07. The largest absolute Gasteiger partial charge is 0.389 e. The molecule has 1 heterocycles. The number of rotatable bonds is 3. The van der Waals surface area contributed by atoms with Gasteiger partial charge in [0.15, 0.2) is 0 Å². The molecule has 64 valence electrons. The van der Waals surface area contributed by atoms with Gasteiger partial charge < -0.3 is 5.11 Å². The molecule has 1 aromatic heterocycles. The molecular weight excluding hydrogens is 150 g/mol. The van der Waals surface area contributed by atoms with Crippen molar-refractivity contribution in [3.05, 3.63) is 42.2 Å². The molecule has 1 N–H and O–H groups in total. The molecule has 0 fully saturated rings. The van der Waals surface area contributed by atoms with E-state index in [0.29, 0.717) is 6.42 Å². The van der Waals surface area contributed by atoms with Gasteiger partial charge in [0.25, 0.3) is 0 Å². The van der Waals surface area contributed by atoms with Crippen LogP contribution in [-0.2, 0) is 6.42 Å². The van der Waals surface area contributed by atoms with Crippen molar-refractivity contribution in [1.29, 1.82) is 0 Å². The van der Waals surface area contributed by atoms with E-state index in [-0.39, 0.29) is 0 Å². The summed E-state index contributed by atoms with van der Waals surface area (Å²) in [5.74, 6) is 0. The maximum Gasteiger partial charge on any atom is 0.0776 e. The summed E-state index contributed by atoms with van der Waals surface area (Å²) in [5.41, 5.74) is 0.920. The fourth-order valence-electron chi connectivity index (χ4n) is 1.02. The number of aliphatic hydroxyl groups excluding tert-OH is 1. The second-order valence-electron chi connectivity index (χ2n) is 2.62. The molecule has 1 aromatic rings. The van der Waals surface area contributed by atoms with Gasteiger partial charge in [-0.2, -0.15) is 0 Å². The average molecular weight is 163 g/mol. The van der Waals surface area contributed by atoms with Crippen LogP contribution in [0.15, 0.2) is 36.5 Å². The first-order valence-electron chi connectivity index (χ1n) is 4.03. The van der Waals surface area contributed by atoms with Gasteiger partial charge in [-0.05, 0) is 19.1 Å². The number of allylic oxidation sites excluding steroid dienone is 1. The lowest BCUT2D eigenvalue weighted by Gasteiger charge is -2.03. The highest BCUT2D eigenvalue weighted by Gasteiger charge is 2.00. The number of nitrogens with zero attached hydrogens (tertiary/aromatic N) is 1. The van der Waals surface area contributed by atoms with Crippen LogP contribution in [0.25, 0.3) is 0 Å². The van der Waals surface area contributed by atoms with Crippen LogP contribution in [0.4, 0.5) is 0 Å². The van der Waals surface area contributed by atoms with E-state index in [1.807, 2.05) is 31.2 Å². The van der Waals surface area contributed by atoms with E-state index in [0.717, 1.165) is 5.69 Å². The fourth-order valence-corrected chi connectivity index (χ4v) is 1.02. The van der Waals surface area contributed by atoms with Gasteiger partial charge >= 0.3 is 0 Å². The summed E-state index contributed by atoms with van der Waals surface area (Å²) < 4.78 is 0. The van der Waals surface area contributed by atoms with Gasteiger partial charge in [-0.3, -0.25) is 4.98 Å². The van der Waals surface area contributed by atoms with Gasteiger partial charge in [-0.15, -0.1) is 0 Å². The lowest BCUT2D eigenvalue weighted by molar-refractivity contribution is 0.222. The molecule has 0 aromatic carbocycles. The zero-order chi connectivity index (χ0) is 8.81. The molecular formula is C10H13NO. The molecule has 2 heteroatoms. The normalized spacial score (nSPS) is 13.5. The van der Waals surface area contributed by atoms with Crippen LogP contribution in [-0.4, -0.2) is 16.2 Å². The monoisotopic (exact) mass is 163 g/mol. The van der Waals surface area contributed by atoms with Crippen molar-refractivity contribution >= 4 is 0 Å². The first-order valence-corrected chi connectivity index (χ1v) is 4.03. The Bertz CT molecular complexity index is 243. The van der Waals surface area contributed by atoms with Crippen LogP contribution in [0.3, 0.4) is 0 Å². The molecule has 0 aliphatic carbocycles. The second-order valence-corrected chi connectivity index (χ2v) is 2.62. The maximum absolute atomic E-state index is 9.38. The Hall–Kier alpha value is -1.15. The Morgan fingerprint density at radius 3 is 3.00 bits per heavy atom. The van der Waals surface area contributed by atoms with E-state index in [4.69, 9.17) is 0 Å². The molecule has 12 heavy (non-hydrogen) atoms. The molecule has 0 bridgehead atoms. The number of hydrogen-bond acceptors (Lipinski definition) is 2. The highest BCUT2D eigenvalue weighted by atomic mass is 16.3. The van der Waals surface area contributed by atoms with Crippen molar-refractivity contribution in [3.63, 3.8) is 0 Å². The third-order valence-corrected chi connectivity index (χ3v) is 1.56. The van der Waals surface area contributed by atoms with E-state index in [9.17, 15) is 5.11 Å². The highest BCUT2D eigenvalue weighted by Crippen LogP contribution is 1.99. The van der Waals surface area contributed by atoms with E-state index < -0.39 is 6.10 Å². The molecule has 0 amide bonds. The van der Waals surface area contributed by atoms with Gasteiger partial charge in [0.05, 0.1) is 6.10 Å². The van der Waals surface area contributed by atoms with Crippen LogP contribution in [0.5, 0.6) is 0 Å². The van der Waals surface area contributed by atoms with Crippen molar-refractivity contribution in [2.75, 3.05) is 0 Å². The summed E-state index contributed by atoms with van der Waals surface area (Å²) in [6, 6.07) is 5.70. The average Bonchev–Trinajstić information content (AvgIpc) is 2.06. The van der Waals surface area contributed by atoms with Crippen LogP contribution >= 0.6 is 0 Å². The van der Waals surface area contributed by atoms with E-state index >= 15 is 0 Å². The zero-order valence-electron chi connectivity index (χ0n) is 7.14. The van der Waals surface area contributed by atoms with Gasteiger partial charge in [0, 0.05) is 18.3 Å². The summed E-state index contributed by atoms with van der Waals surface area (Å²) >= 11 is 0. The molecule has 1 unspecified atom stereocenters. The summed E-state index contributed by atoms with van der Waals surface area (Å²) in [4.78, 5) is 4.11. The number of hydrogen-bond donors (Lipinski definition) is 1. The quantitative estimate of drug-likeness (QED) is 0.686. The molecule has 0 saturated heterocycles. The molecule has 0 saturated carbocycles. The first-order chi connectivity index (χ1) is 5.83. The number of pyridine rings is 1. The van der Waals surface area contributed by atoms with Gasteiger partial charge in [-0.25, -0.2) is 0 Å². The topological polar surface area (TPSA) is 33.1 Å². The van der Waals surface area contributed by atoms with Crippen LogP contribution in [0.1, 0.15) is 12.6 Å². The number of aromatic nitrogens is 1. The Morgan fingerprint density at radius 2 is 2.42 bits per heavy atom. The predicted molar refractivity (Wildman–Crippen MR) is 48.8 cm³/mol. The van der Waals surface area contributed by atoms with E-state index in [1.165, 1.54) is 0 Å². The molecule has 0 spiro atoms. The van der Waals surface area contributed by atoms with Crippen molar-refractivity contribution in [3.8, 4) is 0 Å². The summed E-state index contributed by atoms with van der Waals surface area (Å²) in [5, 5.41) is 9.38. The van der Waals surface area contributed by atoms with Crippen molar-refractivity contribution in [2.24, 2.45) is 0 Å². The lowest BCUT2D eigenvalue weighted by atomic mass is 10.2. The molecule has 0 radical (unpaired) electrons. The summed E-state index contributed by atoms with van der Waals surface area (Å²) in [7, 11) is 0. The molecule has 1 rings (SSSR count). The molecule has 1 atom stereocenters.